The fourth-order valence-corrected chi connectivity index (χ4v) is 1.23. The van der Waals surface area contributed by atoms with Gasteiger partial charge in [-0.05, 0) is 19.0 Å². The fraction of sp³-hybridized carbons (Fsp3) is 0.400. The summed E-state index contributed by atoms with van der Waals surface area (Å²) in [6.07, 6.45) is 0.818. The molecule has 14 heavy (non-hydrogen) atoms. The van der Waals surface area contributed by atoms with Gasteiger partial charge in [0.2, 0.25) is 0 Å². The van der Waals surface area contributed by atoms with E-state index in [1.54, 1.807) is 6.07 Å². The van der Waals surface area contributed by atoms with E-state index in [-0.39, 0.29) is 0 Å². The topological polar surface area (TPSA) is 12.0 Å². The summed E-state index contributed by atoms with van der Waals surface area (Å²) in [6.45, 7) is 1.04. The average Bonchev–Trinajstić information content (AvgIpc) is 2.19. The lowest BCUT2D eigenvalue weighted by Gasteiger charge is -2.05. The number of hydrogen-bond donors (Lipinski definition) is 1. The van der Waals surface area contributed by atoms with Crippen LogP contribution in [0.5, 0.6) is 0 Å². The van der Waals surface area contributed by atoms with Crippen molar-refractivity contribution in [1.29, 1.82) is 0 Å². The predicted octanol–water partition coefficient (Wildman–Crippen LogP) is 2.68. The maximum absolute atomic E-state index is 13.1. The van der Waals surface area contributed by atoms with Crippen molar-refractivity contribution in [3.8, 4) is 0 Å². The van der Waals surface area contributed by atoms with Gasteiger partial charge in [0.25, 0.3) is 0 Å². The van der Waals surface area contributed by atoms with Crippen LogP contribution in [0.1, 0.15) is 12.0 Å². The number of alkyl halides is 1. The quantitative estimate of drug-likeness (QED) is 0.593. The largest absolute Gasteiger partial charge is 0.313 e. The highest BCUT2D eigenvalue weighted by molar-refractivity contribution is 6.17. The third kappa shape index (κ3) is 3.24. The van der Waals surface area contributed by atoms with Crippen molar-refractivity contribution in [1.82, 2.24) is 5.32 Å². The fourth-order valence-electron chi connectivity index (χ4n) is 1.10. The maximum Gasteiger partial charge on any atom is 0.163 e. The van der Waals surface area contributed by atoms with Gasteiger partial charge in [-0.25, -0.2) is 8.78 Å². The molecule has 0 spiro atoms. The van der Waals surface area contributed by atoms with E-state index in [0.29, 0.717) is 24.5 Å². The number of nitrogens with one attached hydrogen (secondary N) is 1. The van der Waals surface area contributed by atoms with Crippen molar-refractivity contribution in [2.24, 2.45) is 0 Å². The molecule has 78 valence electrons. The molecule has 0 fully saturated rings. The first-order valence-corrected chi connectivity index (χ1v) is 4.98. The van der Waals surface area contributed by atoms with E-state index in [9.17, 15) is 8.78 Å². The molecule has 0 aliphatic carbocycles. The van der Waals surface area contributed by atoms with Crippen molar-refractivity contribution < 1.29 is 8.78 Å². The summed E-state index contributed by atoms with van der Waals surface area (Å²) in [4.78, 5) is 0. The minimum Gasteiger partial charge on any atom is -0.313 e. The molecule has 1 rings (SSSR count). The lowest BCUT2D eigenvalue weighted by molar-refractivity contribution is 0.493. The van der Waals surface area contributed by atoms with E-state index in [1.807, 2.05) is 0 Å². The van der Waals surface area contributed by atoms with Crippen molar-refractivity contribution in [2.75, 3.05) is 12.4 Å². The number of benzene rings is 1. The second-order valence-corrected chi connectivity index (χ2v) is 3.31. The molecule has 0 saturated heterocycles. The van der Waals surface area contributed by atoms with E-state index in [4.69, 9.17) is 11.6 Å². The lowest BCUT2D eigenvalue weighted by atomic mass is 10.2. The van der Waals surface area contributed by atoms with Crippen molar-refractivity contribution in [2.45, 2.75) is 13.0 Å². The molecule has 1 N–H and O–H groups in total. The Labute approximate surface area is 87.1 Å². The zero-order chi connectivity index (χ0) is 10.4. The molecule has 0 saturated carbocycles. The monoisotopic (exact) mass is 219 g/mol. The Morgan fingerprint density at radius 3 is 2.79 bits per heavy atom. The minimum absolute atomic E-state index is 0.334. The summed E-state index contributed by atoms with van der Waals surface area (Å²) in [7, 11) is 0. The van der Waals surface area contributed by atoms with Crippen molar-refractivity contribution >= 4 is 11.6 Å². The molecule has 0 unspecified atom stereocenters. The molecule has 0 atom stereocenters. The van der Waals surface area contributed by atoms with Crippen LogP contribution < -0.4 is 5.32 Å². The Bertz CT molecular complexity index is 291. The van der Waals surface area contributed by atoms with Gasteiger partial charge in [-0.1, -0.05) is 12.1 Å². The van der Waals surface area contributed by atoms with Gasteiger partial charge >= 0.3 is 0 Å². The summed E-state index contributed by atoms with van der Waals surface area (Å²) < 4.78 is 25.8. The van der Waals surface area contributed by atoms with Gasteiger partial charge in [0.15, 0.2) is 11.6 Å². The molecule has 4 heteroatoms. The van der Waals surface area contributed by atoms with Gasteiger partial charge in [0, 0.05) is 18.0 Å². The summed E-state index contributed by atoms with van der Waals surface area (Å²) in [5.74, 6) is -1.01. The highest BCUT2D eigenvalue weighted by Gasteiger charge is 2.05. The van der Waals surface area contributed by atoms with Crippen LogP contribution in [0.15, 0.2) is 18.2 Å². The summed E-state index contributed by atoms with van der Waals surface area (Å²) in [6, 6.07) is 4.17. The van der Waals surface area contributed by atoms with Gasteiger partial charge in [-0.3, -0.25) is 0 Å². The first-order valence-electron chi connectivity index (χ1n) is 4.45. The molecular weight excluding hydrogens is 208 g/mol. The van der Waals surface area contributed by atoms with E-state index < -0.39 is 11.6 Å². The highest BCUT2D eigenvalue weighted by Crippen LogP contribution is 2.10. The van der Waals surface area contributed by atoms with E-state index in [0.717, 1.165) is 12.5 Å². The molecule has 1 aromatic rings. The van der Waals surface area contributed by atoms with Crippen LogP contribution in [0.3, 0.4) is 0 Å². The third-order valence-corrected chi connectivity index (χ3v) is 2.10. The maximum atomic E-state index is 13.1. The molecule has 0 aliphatic rings. The summed E-state index contributed by atoms with van der Waals surface area (Å²) >= 11 is 5.47. The van der Waals surface area contributed by atoms with E-state index in [2.05, 4.69) is 5.32 Å². The van der Waals surface area contributed by atoms with Crippen LogP contribution in [-0.2, 0) is 6.54 Å². The highest BCUT2D eigenvalue weighted by atomic mass is 35.5. The van der Waals surface area contributed by atoms with Crippen LogP contribution in [0.25, 0.3) is 0 Å². The Hall–Kier alpha value is -0.670. The van der Waals surface area contributed by atoms with Gasteiger partial charge in [0.1, 0.15) is 0 Å². The predicted molar refractivity (Wildman–Crippen MR) is 53.4 cm³/mol. The molecular formula is C10H12ClF2N. The second-order valence-electron chi connectivity index (χ2n) is 2.93. The second kappa shape index (κ2) is 5.94. The summed E-state index contributed by atoms with van der Waals surface area (Å²) in [5, 5.41) is 2.98. The smallest absolute Gasteiger partial charge is 0.163 e. The number of halogens is 3. The molecule has 0 aliphatic heterocycles. The van der Waals surface area contributed by atoms with Crippen LogP contribution in [-0.4, -0.2) is 12.4 Å². The van der Waals surface area contributed by atoms with Crippen LogP contribution in [0, 0.1) is 11.6 Å². The van der Waals surface area contributed by atoms with Gasteiger partial charge in [-0.2, -0.15) is 0 Å². The SMILES string of the molecule is Fc1cccc(CNCCCCl)c1F. The Balaban J connectivity index is 2.46. The minimum atomic E-state index is -0.804. The van der Waals surface area contributed by atoms with Crippen molar-refractivity contribution in [3.05, 3.63) is 35.4 Å². The number of hydrogen-bond acceptors (Lipinski definition) is 1. The Morgan fingerprint density at radius 2 is 2.07 bits per heavy atom. The molecule has 0 bridgehead atoms. The zero-order valence-electron chi connectivity index (χ0n) is 7.69. The zero-order valence-corrected chi connectivity index (χ0v) is 8.45. The molecule has 0 aromatic heterocycles. The van der Waals surface area contributed by atoms with E-state index >= 15 is 0 Å². The standard InChI is InChI=1S/C10H12ClF2N/c11-5-2-6-14-7-8-3-1-4-9(12)10(8)13/h1,3-4,14H,2,5-7H2. The lowest BCUT2D eigenvalue weighted by Crippen LogP contribution is -2.16. The first-order chi connectivity index (χ1) is 6.75. The Kier molecular flexibility index (Phi) is 4.84. The summed E-state index contributed by atoms with van der Waals surface area (Å²) in [5.41, 5.74) is 0.347. The van der Waals surface area contributed by atoms with Crippen LogP contribution in [0.2, 0.25) is 0 Å². The molecule has 0 amide bonds. The molecule has 1 aromatic carbocycles. The van der Waals surface area contributed by atoms with Gasteiger partial charge in [-0.15, -0.1) is 11.6 Å². The average molecular weight is 220 g/mol. The van der Waals surface area contributed by atoms with Gasteiger partial charge < -0.3 is 5.32 Å². The first kappa shape index (κ1) is 11.4. The van der Waals surface area contributed by atoms with Crippen molar-refractivity contribution in [3.63, 3.8) is 0 Å². The van der Waals surface area contributed by atoms with Crippen LogP contribution >= 0.6 is 11.6 Å². The molecule has 0 radical (unpaired) electrons. The molecule has 0 heterocycles. The Morgan fingerprint density at radius 1 is 1.29 bits per heavy atom. The van der Waals surface area contributed by atoms with Crippen LogP contribution in [0.4, 0.5) is 8.78 Å². The normalized spacial score (nSPS) is 10.5. The number of rotatable bonds is 5. The third-order valence-electron chi connectivity index (χ3n) is 1.83. The molecule has 1 nitrogen and oxygen atoms in total. The van der Waals surface area contributed by atoms with Gasteiger partial charge in [0.05, 0.1) is 0 Å². The van der Waals surface area contributed by atoms with E-state index in [1.165, 1.54) is 6.07 Å².